The van der Waals surface area contributed by atoms with Crippen LogP contribution in [0.2, 0.25) is 0 Å². The normalized spacial score (nSPS) is 25.9. The van der Waals surface area contributed by atoms with Crippen molar-refractivity contribution in [2.45, 2.75) is 57.4 Å². The Morgan fingerprint density at radius 2 is 1.85 bits per heavy atom. The van der Waals surface area contributed by atoms with Crippen molar-refractivity contribution in [1.29, 1.82) is 0 Å². The quantitative estimate of drug-likeness (QED) is 0.900. The number of hydrogen-bond donors (Lipinski definition) is 1. The molecule has 1 aliphatic carbocycles. The van der Waals surface area contributed by atoms with Crippen LogP contribution in [0.4, 0.5) is 11.4 Å². The molecule has 1 N–H and O–H groups in total. The van der Waals surface area contributed by atoms with Crippen LogP contribution in [0.25, 0.3) is 0 Å². The molecular formula is C21H29N3O2. The summed E-state index contributed by atoms with van der Waals surface area (Å²) >= 11 is 0. The number of nitrogens with one attached hydrogen (secondary N) is 1. The Bertz CT molecular complexity index is 673. The maximum Gasteiger partial charge on any atom is 0.242 e. The number of likely N-dealkylation sites (tertiary alicyclic amines) is 1. The zero-order valence-corrected chi connectivity index (χ0v) is 15.5. The van der Waals surface area contributed by atoms with E-state index in [0.717, 1.165) is 43.7 Å². The summed E-state index contributed by atoms with van der Waals surface area (Å²) < 4.78 is 0. The molecule has 0 aromatic heterocycles. The van der Waals surface area contributed by atoms with Crippen LogP contribution in [0, 0.1) is 5.92 Å². The van der Waals surface area contributed by atoms with Crippen LogP contribution in [0.5, 0.6) is 0 Å². The number of nitrogens with zero attached hydrogens (tertiary/aromatic N) is 2. The monoisotopic (exact) mass is 355 g/mol. The summed E-state index contributed by atoms with van der Waals surface area (Å²) in [5.74, 6) is 1.08. The molecule has 1 saturated carbocycles. The molecule has 0 spiro atoms. The van der Waals surface area contributed by atoms with Gasteiger partial charge in [-0.05, 0) is 50.2 Å². The molecule has 0 bridgehead atoms. The van der Waals surface area contributed by atoms with E-state index >= 15 is 0 Å². The summed E-state index contributed by atoms with van der Waals surface area (Å²) in [7, 11) is 0. The van der Waals surface area contributed by atoms with Crippen molar-refractivity contribution in [2.75, 3.05) is 29.9 Å². The number of fused-ring (bicyclic) bond motifs is 1. The third-order valence-corrected chi connectivity index (χ3v) is 6.26. The molecule has 2 atom stereocenters. The Labute approximate surface area is 155 Å². The van der Waals surface area contributed by atoms with Crippen LogP contribution in [-0.2, 0) is 9.59 Å². The second-order valence-electron chi connectivity index (χ2n) is 7.86. The highest BCUT2D eigenvalue weighted by Crippen LogP contribution is 2.35. The van der Waals surface area contributed by atoms with E-state index in [2.05, 4.69) is 10.2 Å². The number of rotatable bonds is 4. The minimum absolute atomic E-state index is 0.173. The van der Waals surface area contributed by atoms with E-state index < -0.39 is 0 Å². The number of para-hydroxylation sites is 2. The van der Waals surface area contributed by atoms with Gasteiger partial charge in [0.1, 0.15) is 0 Å². The first-order valence-corrected chi connectivity index (χ1v) is 10.2. The average Bonchev–Trinajstić information content (AvgIpc) is 3.11. The zero-order chi connectivity index (χ0) is 17.9. The topological polar surface area (TPSA) is 52.7 Å². The first-order chi connectivity index (χ1) is 12.7. The summed E-state index contributed by atoms with van der Waals surface area (Å²) in [5.41, 5.74) is 1.78. The van der Waals surface area contributed by atoms with Crippen molar-refractivity contribution >= 4 is 23.2 Å². The van der Waals surface area contributed by atoms with Crippen molar-refractivity contribution in [1.82, 2.24) is 4.90 Å². The molecular weight excluding hydrogens is 326 g/mol. The maximum absolute atomic E-state index is 12.9. The second-order valence-corrected chi connectivity index (χ2v) is 7.86. The fourth-order valence-corrected chi connectivity index (χ4v) is 4.97. The minimum Gasteiger partial charge on any atom is -0.374 e. The van der Waals surface area contributed by atoms with E-state index in [-0.39, 0.29) is 11.8 Å². The Balaban J connectivity index is 1.42. The van der Waals surface area contributed by atoms with Gasteiger partial charge in [-0.1, -0.05) is 25.0 Å². The first kappa shape index (κ1) is 17.4. The van der Waals surface area contributed by atoms with Gasteiger partial charge in [-0.3, -0.25) is 9.59 Å². The lowest BCUT2D eigenvalue weighted by atomic mass is 9.78. The zero-order valence-electron chi connectivity index (χ0n) is 15.5. The lowest BCUT2D eigenvalue weighted by molar-refractivity contribution is -0.135. The standard InChI is InChI=1S/C21H29N3O2/c25-20-12-6-14-24(20)19-11-4-2-9-17(19)22-15-21(26)23-13-5-8-16-7-1-3-10-18(16)23/h2,4,9,11,16,18,22H,1,3,5-8,10,12-15H2. The highest BCUT2D eigenvalue weighted by Gasteiger charge is 2.35. The molecule has 2 unspecified atom stereocenters. The van der Waals surface area contributed by atoms with Crippen LogP contribution in [0.15, 0.2) is 24.3 Å². The van der Waals surface area contributed by atoms with Gasteiger partial charge in [0.15, 0.2) is 0 Å². The van der Waals surface area contributed by atoms with Crippen LogP contribution < -0.4 is 10.2 Å². The number of piperidine rings is 1. The van der Waals surface area contributed by atoms with Gasteiger partial charge in [-0.25, -0.2) is 0 Å². The Morgan fingerprint density at radius 3 is 2.69 bits per heavy atom. The van der Waals surface area contributed by atoms with Crippen molar-refractivity contribution in [3.8, 4) is 0 Å². The number of hydrogen-bond acceptors (Lipinski definition) is 3. The number of carbonyl (C=O) groups excluding carboxylic acids is 2. The summed E-state index contributed by atoms with van der Waals surface area (Å²) in [6.45, 7) is 1.97. The van der Waals surface area contributed by atoms with E-state index in [1.807, 2.05) is 29.2 Å². The van der Waals surface area contributed by atoms with Crippen molar-refractivity contribution < 1.29 is 9.59 Å². The summed E-state index contributed by atoms with van der Waals surface area (Å²) in [6, 6.07) is 8.28. The fraction of sp³-hybridized carbons (Fsp3) is 0.619. The minimum atomic E-state index is 0.173. The lowest BCUT2D eigenvalue weighted by Gasteiger charge is -2.44. The van der Waals surface area contributed by atoms with E-state index in [4.69, 9.17) is 0 Å². The predicted octanol–water partition coefficient (Wildman–Crippen LogP) is 3.41. The van der Waals surface area contributed by atoms with Crippen LogP contribution >= 0.6 is 0 Å². The van der Waals surface area contributed by atoms with Gasteiger partial charge in [0, 0.05) is 25.6 Å². The predicted molar refractivity (Wildman–Crippen MR) is 103 cm³/mol. The van der Waals surface area contributed by atoms with E-state index in [1.54, 1.807) is 0 Å². The van der Waals surface area contributed by atoms with Gasteiger partial charge < -0.3 is 15.1 Å². The largest absolute Gasteiger partial charge is 0.374 e. The average molecular weight is 355 g/mol. The third-order valence-electron chi connectivity index (χ3n) is 6.26. The van der Waals surface area contributed by atoms with Gasteiger partial charge in [0.05, 0.1) is 17.9 Å². The molecule has 1 aromatic carbocycles. The molecule has 3 aliphatic rings. The highest BCUT2D eigenvalue weighted by atomic mass is 16.2. The fourth-order valence-electron chi connectivity index (χ4n) is 4.97. The molecule has 2 saturated heterocycles. The SMILES string of the molecule is O=C1CCCN1c1ccccc1NCC(=O)N1CCCC2CCCCC21. The van der Waals surface area contributed by atoms with Crippen molar-refractivity contribution in [3.05, 3.63) is 24.3 Å². The number of anilines is 2. The van der Waals surface area contributed by atoms with Crippen molar-refractivity contribution in [2.24, 2.45) is 5.92 Å². The smallest absolute Gasteiger partial charge is 0.242 e. The van der Waals surface area contributed by atoms with E-state index in [1.165, 1.54) is 25.7 Å². The van der Waals surface area contributed by atoms with Gasteiger partial charge in [-0.2, -0.15) is 0 Å². The van der Waals surface area contributed by atoms with Gasteiger partial charge >= 0.3 is 0 Å². The second kappa shape index (κ2) is 7.68. The number of carbonyl (C=O) groups is 2. The van der Waals surface area contributed by atoms with Crippen LogP contribution in [0.3, 0.4) is 0 Å². The third kappa shape index (κ3) is 3.44. The van der Waals surface area contributed by atoms with Crippen molar-refractivity contribution in [3.63, 3.8) is 0 Å². The number of benzene rings is 1. The molecule has 0 radical (unpaired) electrons. The molecule has 4 rings (SSSR count). The first-order valence-electron chi connectivity index (χ1n) is 10.2. The summed E-state index contributed by atoms with van der Waals surface area (Å²) in [6.07, 6.45) is 8.94. The lowest BCUT2D eigenvalue weighted by Crippen LogP contribution is -2.51. The van der Waals surface area contributed by atoms with E-state index in [0.29, 0.717) is 24.9 Å². The maximum atomic E-state index is 12.9. The Hall–Kier alpha value is -2.04. The molecule has 2 amide bonds. The molecule has 5 heteroatoms. The molecule has 140 valence electrons. The summed E-state index contributed by atoms with van der Waals surface area (Å²) in [4.78, 5) is 29.0. The van der Waals surface area contributed by atoms with E-state index in [9.17, 15) is 9.59 Å². The summed E-state index contributed by atoms with van der Waals surface area (Å²) in [5, 5.41) is 3.32. The van der Waals surface area contributed by atoms with Gasteiger partial charge in [-0.15, -0.1) is 0 Å². The molecule has 5 nitrogen and oxygen atoms in total. The molecule has 2 heterocycles. The van der Waals surface area contributed by atoms with Gasteiger partial charge in [0.25, 0.3) is 0 Å². The molecule has 1 aromatic rings. The Kier molecular flexibility index (Phi) is 5.14. The van der Waals surface area contributed by atoms with Gasteiger partial charge in [0.2, 0.25) is 11.8 Å². The van der Waals surface area contributed by atoms with Crippen LogP contribution in [0.1, 0.15) is 51.4 Å². The Morgan fingerprint density at radius 1 is 1.04 bits per heavy atom. The molecule has 3 fully saturated rings. The highest BCUT2D eigenvalue weighted by molar-refractivity contribution is 5.98. The van der Waals surface area contributed by atoms with Crippen LogP contribution in [-0.4, -0.2) is 42.4 Å². The molecule has 2 aliphatic heterocycles. The molecule has 26 heavy (non-hydrogen) atoms. The number of amides is 2.